The van der Waals surface area contributed by atoms with Crippen molar-refractivity contribution in [3.63, 3.8) is 0 Å². The van der Waals surface area contributed by atoms with Crippen LogP contribution in [0.1, 0.15) is 30.5 Å². The normalized spacial score (nSPS) is 17.4. The first-order valence-electron chi connectivity index (χ1n) is 6.98. The standard InChI is InChI=1S/C14H23N5/c1-11-13(10-15)14(19(3)17-11)16-7-4-12-5-8-18(2)9-6-12/h12,16H,4-9H2,1-3H3. The molecule has 0 spiro atoms. The maximum absolute atomic E-state index is 9.14. The quantitative estimate of drug-likeness (QED) is 0.897. The monoisotopic (exact) mass is 261 g/mol. The summed E-state index contributed by atoms with van der Waals surface area (Å²) in [5, 5.41) is 16.8. The Kier molecular flexibility index (Phi) is 4.43. The number of rotatable bonds is 4. The summed E-state index contributed by atoms with van der Waals surface area (Å²) in [7, 11) is 4.07. The SMILES string of the molecule is Cc1nn(C)c(NCCC2CCN(C)CC2)c1C#N. The molecule has 1 fully saturated rings. The molecule has 0 saturated carbocycles. The number of aryl methyl sites for hydroxylation is 2. The molecule has 0 amide bonds. The van der Waals surface area contributed by atoms with Crippen LogP contribution in [0.25, 0.3) is 0 Å². The first-order valence-corrected chi connectivity index (χ1v) is 6.98. The number of hydrogen-bond donors (Lipinski definition) is 1. The highest BCUT2D eigenvalue weighted by Gasteiger charge is 2.17. The topological polar surface area (TPSA) is 56.9 Å². The van der Waals surface area contributed by atoms with Crippen LogP contribution >= 0.6 is 0 Å². The molecular formula is C14H23N5. The van der Waals surface area contributed by atoms with E-state index in [1.165, 1.54) is 32.4 Å². The van der Waals surface area contributed by atoms with Gasteiger partial charge in [0.15, 0.2) is 0 Å². The van der Waals surface area contributed by atoms with E-state index in [-0.39, 0.29) is 0 Å². The van der Waals surface area contributed by atoms with Gasteiger partial charge in [-0.3, -0.25) is 4.68 Å². The zero-order chi connectivity index (χ0) is 13.8. The molecule has 1 aliphatic rings. The molecule has 5 heteroatoms. The van der Waals surface area contributed by atoms with Gasteiger partial charge in [0, 0.05) is 13.6 Å². The predicted molar refractivity (Wildman–Crippen MR) is 76.0 cm³/mol. The van der Waals surface area contributed by atoms with E-state index in [9.17, 15) is 0 Å². The van der Waals surface area contributed by atoms with E-state index in [2.05, 4.69) is 28.4 Å². The molecule has 19 heavy (non-hydrogen) atoms. The van der Waals surface area contributed by atoms with Crippen molar-refractivity contribution in [2.75, 3.05) is 32.0 Å². The molecule has 0 bridgehead atoms. The second-order valence-corrected chi connectivity index (χ2v) is 5.51. The van der Waals surface area contributed by atoms with Gasteiger partial charge in [0.1, 0.15) is 17.5 Å². The molecule has 0 atom stereocenters. The highest BCUT2D eigenvalue weighted by molar-refractivity contribution is 5.54. The lowest BCUT2D eigenvalue weighted by Crippen LogP contribution is -2.31. The van der Waals surface area contributed by atoms with Crippen LogP contribution in [-0.4, -0.2) is 41.4 Å². The van der Waals surface area contributed by atoms with Crippen molar-refractivity contribution in [2.45, 2.75) is 26.2 Å². The first kappa shape index (κ1) is 13.9. The minimum atomic E-state index is 0.672. The third-order valence-electron chi connectivity index (χ3n) is 4.02. The minimum absolute atomic E-state index is 0.672. The van der Waals surface area contributed by atoms with E-state index >= 15 is 0 Å². The van der Waals surface area contributed by atoms with Gasteiger partial charge in [-0.05, 0) is 52.2 Å². The van der Waals surface area contributed by atoms with Crippen molar-refractivity contribution in [1.29, 1.82) is 5.26 Å². The highest BCUT2D eigenvalue weighted by Crippen LogP contribution is 2.21. The number of nitrogens with one attached hydrogen (secondary N) is 1. The molecule has 1 aromatic heterocycles. The van der Waals surface area contributed by atoms with Gasteiger partial charge >= 0.3 is 0 Å². The van der Waals surface area contributed by atoms with Crippen molar-refractivity contribution in [3.8, 4) is 6.07 Å². The van der Waals surface area contributed by atoms with E-state index < -0.39 is 0 Å². The molecule has 5 nitrogen and oxygen atoms in total. The van der Waals surface area contributed by atoms with Crippen LogP contribution in [0.5, 0.6) is 0 Å². The molecular weight excluding hydrogens is 238 g/mol. The van der Waals surface area contributed by atoms with Gasteiger partial charge in [0.2, 0.25) is 0 Å². The third-order valence-corrected chi connectivity index (χ3v) is 4.02. The lowest BCUT2D eigenvalue weighted by atomic mass is 9.94. The Morgan fingerprint density at radius 2 is 2.05 bits per heavy atom. The molecule has 1 saturated heterocycles. The number of nitriles is 1. The Labute approximate surface area is 115 Å². The molecule has 2 heterocycles. The van der Waals surface area contributed by atoms with Gasteiger partial charge in [-0.1, -0.05) is 0 Å². The lowest BCUT2D eigenvalue weighted by molar-refractivity contribution is 0.215. The largest absolute Gasteiger partial charge is 0.369 e. The number of nitrogens with zero attached hydrogens (tertiary/aromatic N) is 4. The van der Waals surface area contributed by atoms with Crippen LogP contribution in [-0.2, 0) is 7.05 Å². The number of likely N-dealkylation sites (tertiary alicyclic amines) is 1. The highest BCUT2D eigenvalue weighted by atomic mass is 15.3. The average molecular weight is 261 g/mol. The van der Waals surface area contributed by atoms with E-state index in [1.54, 1.807) is 4.68 Å². The van der Waals surface area contributed by atoms with E-state index in [4.69, 9.17) is 5.26 Å². The molecule has 0 unspecified atom stereocenters. The van der Waals surface area contributed by atoms with E-state index in [1.807, 2.05) is 14.0 Å². The summed E-state index contributed by atoms with van der Waals surface area (Å²) in [5.74, 6) is 1.66. The van der Waals surface area contributed by atoms with Crippen LogP contribution in [0.3, 0.4) is 0 Å². The van der Waals surface area contributed by atoms with Gasteiger partial charge in [0.05, 0.1) is 5.69 Å². The fourth-order valence-electron chi connectivity index (χ4n) is 2.74. The second kappa shape index (κ2) is 6.07. The smallest absolute Gasteiger partial charge is 0.142 e. The third kappa shape index (κ3) is 3.27. The molecule has 0 aliphatic carbocycles. The minimum Gasteiger partial charge on any atom is -0.369 e. The molecule has 0 aromatic carbocycles. The summed E-state index contributed by atoms with van der Waals surface area (Å²) in [4.78, 5) is 2.39. The summed E-state index contributed by atoms with van der Waals surface area (Å²) in [6, 6.07) is 2.23. The molecule has 0 radical (unpaired) electrons. The van der Waals surface area contributed by atoms with E-state index in [0.717, 1.165) is 24.0 Å². The Balaban J connectivity index is 1.85. The maximum atomic E-state index is 9.14. The van der Waals surface area contributed by atoms with Gasteiger partial charge in [-0.2, -0.15) is 10.4 Å². The van der Waals surface area contributed by atoms with Crippen LogP contribution in [0.4, 0.5) is 5.82 Å². The first-order chi connectivity index (χ1) is 9.11. The van der Waals surface area contributed by atoms with Crippen molar-refractivity contribution < 1.29 is 0 Å². The van der Waals surface area contributed by atoms with Crippen molar-refractivity contribution in [3.05, 3.63) is 11.3 Å². The van der Waals surface area contributed by atoms with Crippen LogP contribution in [0, 0.1) is 24.2 Å². The van der Waals surface area contributed by atoms with Gasteiger partial charge in [0.25, 0.3) is 0 Å². The van der Waals surface area contributed by atoms with Gasteiger partial charge in [-0.25, -0.2) is 0 Å². The molecule has 1 N–H and O–H groups in total. The van der Waals surface area contributed by atoms with Crippen LogP contribution < -0.4 is 5.32 Å². The van der Waals surface area contributed by atoms with Crippen molar-refractivity contribution >= 4 is 5.82 Å². The van der Waals surface area contributed by atoms with Crippen LogP contribution in [0.2, 0.25) is 0 Å². The van der Waals surface area contributed by atoms with E-state index in [0.29, 0.717) is 5.56 Å². The average Bonchev–Trinajstić information content (AvgIpc) is 2.66. The van der Waals surface area contributed by atoms with Gasteiger partial charge in [-0.15, -0.1) is 0 Å². The number of anilines is 1. The molecule has 1 aliphatic heterocycles. The molecule has 2 rings (SSSR count). The fourth-order valence-corrected chi connectivity index (χ4v) is 2.74. The number of hydrogen-bond acceptors (Lipinski definition) is 4. The number of aromatic nitrogens is 2. The summed E-state index contributed by atoms with van der Waals surface area (Å²) in [6.07, 6.45) is 3.74. The summed E-state index contributed by atoms with van der Waals surface area (Å²) in [5.41, 5.74) is 1.47. The summed E-state index contributed by atoms with van der Waals surface area (Å²) in [6.45, 7) is 5.21. The Morgan fingerprint density at radius 1 is 1.37 bits per heavy atom. The Hall–Kier alpha value is -1.54. The lowest BCUT2D eigenvalue weighted by Gasteiger charge is -2.28. The van der Waals surface area contributed by atoms with Crippen molar-refractivity contribution in [1.82, 2.24) is 14.7 Å². The Bertz CT molecular complexity index is 463. The zero-order valence-electron chi connectivity index (χ0n) is 12.1. The summed E-state index contributed by atoms with van der Waals surface area (Å²) < 4.78 is 1.77. The van der Waals surface area contributed by atoms with Crippen molar-refractivity contribution in [2.24, 2.45) is 13.0 Å². The molecule has 104 valence electrons. The Morgan fingerprint density at radius 3 is 2.68 bits per heavy atom. The zero-order valence-corrected chi connectivity index (χ0v) is 12.1. The van der Waals surface area contributed by atoms with Gasteiger partial charge < -0.3 is 10.2 Å². The fraction of sp³-hybridized carbons (Fsp3) is 0.714. The maximum Gasteiger partial charge on any atom is 0.142 e. The predicted octanol–water partition coefficient (Wildman–Crippen LogP) is 1.74. The van der Waals surface area contributed by atoms with Crippen LogP contribution in [0.15, 0.2) is 0 Å². The molecule has 1 aromatic rings. The second-order valence-electron chi connectivity index (χ2n) is 5.51. The number of piperidine rings is 1. The summed E-state index contributed by atoms with van der Waals surface area (Å²) >= 11 is 0.